The maximum Gasteiger partial charge on any atom is 0.0587 e. The zero-order valence-corrected chi connectivity index (χ0v) is 13.2. The second-order valence-corrected chi connectivity index (χ2v) is 5.27. The molecule has 20 heavy (non-hydrogen) atoms. The molecule has 0 saturated heterocycles. The fourth-order valence-electron chi connectivity index (χ4n) is 2.69. The predicted octanol–water partition coefficient (Wildman–Crippen LogP) is 3.00. The Bertz CT molecular complexity index is 342. The van der Waals surface area contributed by atoms with Crippen molar-refractivity contribution in [2.24, 2.45) is 0 Å². The molecule has 0 heterocycles. The average molecular weight is 279 g/mol. The van der Waals surface area contributed by atoms with Crippen LogP contribution in [0.4, 0.5) is 0 Å². The first-order valence-electron chi connectivity index (χ1n) is 7.53. The van der Waals surface area contributed by atoms with Crippen LogP contribution < -0.4 is 5.32 Å². The molecule has 1 unspecified atom stereocenters. The van der Waals surface area contributed by atoms with Gasteiger partial charge in [0.25, 0.3) is 0 Å². The summed E-state index contributed by atoms with van der Waals surface area (Å²) < 4.78 is 10.3. The fraction of sp³-hybridized carbons (Fsp3) is 0.647. The summed E-state index contributed by atoms with van der Waals surface area (Å²) in [5.41, 5.74) is 1.61. The lowest BCUT2D eigenvalue weighted by Gasteiger charge is -2.34. The van der Waals surface area contributed by atoms with Gasteiger partial charge in [-0.05, 0) is 24.8 Å². The van der Waals surface area contributed by atoms with Gasteiger partial charge in [-0.25, -0.2) is 0 Å². The van der Waals surface area contributed by atoms with Gasteiger partial charge in [-0.2, -0.15) is 0 Å². The van der Waals surface area contributed by atoms with Crippen LogP contribution in [0.15, 0.2) is 30.3 Å². The highest BCUT2D eigenvalue weighted by molar-refractivity contribution is 5.25. The van der Waals surface area contributed by atoms with E-state index >= 15 is 0 Å². The monoisotopic (exact) mass is 279 g/mol. The van der Waals surface area contributed by atoms with E-state index in [1.165, 1.54) is 5.56 Å². The third-order valence-electron chi connectivity index (χ3n) is 4.01. The van der Waals surface area contributed by atoms with E-state index in [1.54, 1.807) is 14.2 Å². The number of rotatable bonds is 11. The number of hydrogen-bond donors (Lipinski definition) is 1. The van der Waals surface area contributed by atoms with E-state index in [0.29, 0.717) is 0 Å². The Kier molecular flexibility index (Phi) is 8.51. The summed E-state index contributed by atoms with van der Waals surface area (Å²) in [6.07, 6.45) is 3.35. The zero-order valence-electron chi connectivity index (χ0n) is 13.2. The van der Waals surface area contributed by atoms with Gasteiger partial charge in [0.05, 0.1) is 6.61 Å². The van der Waals surface area contributed by atoms with Crippen LogP contribution in [-0.4, -0.2) is 40.5 Å². The first-order chi connectivity index (χ1) is 9.79. The molecule has 3 heteroatoms. The van der Waals surface area contributed by atoms with Crippen molar-refractivity contribution >= 4 is 0 Å². The number of nitrogens with one attached hydrogen (secondary N) is 1. The Morgan fingerprint density at radius 3 is 2.35 bits per heavy atom. The number of hydrogen-bond acceptors (Lipinski definition) is 3. The van der Waals surface area contributed by atoms with Crippen LogP contribution in [0, 0.1) is 0 Å². The summed E-state index contributed by atoms with van der Waals surface area (Å²) in [4.78, 5) is 0. The maximum atomic E-state index is 5.22. The van der Waals surface area contributed by atoms with Gasteiger partial charge in [-0.1, -0.05) is 37.3 Å². The van der Waals surface area contributed by atoms with Crippen LogP contribution in [0.3, 0.4) is 0 Å². The molecule has 1 atom stereocenters. The first-order valence-corrected chi connectivity index (χ1v) is 7.53. The molecule has 1 aromatic carbocycles. The molecular formula is C17H29NO2. The van der Waals surface area contributed by atoms with Gasteiger partial charge in [-0.15, -0.1) is 0 Å². The molecular weight excluding hydrogens is 250 g/mol. The Balaban J connectivity index is 2.74. The van der Waals surface area contributed by atoms with Gasteiger partial charge >= 0.3 is 0 Å². The molecule has 0 fully saturated rings. The second-order valence-electron chi connectivity index (χ2n) is 5.27. The van der Waals surface area contributed by atoms with E-state index in [9.17, 15) is 0 Å². The van der Waals surface area contributed by atoms with E-state index in [1.807, 2.05) is 0 Å². The van der Waals surface area contributed by atoms with Crippen LogP contribution in [0.5, 0.6) is 0 Å². The highest BCUT2D eigenvalue weighted by atomic mass is 16.5. The normalized spacial score (nSPS) is 14.2. The van der Waals surface area contributed by atoms with Crippen LogP contribution >= 0.6 is 0 Å². The molecule has 0 aromatic heterocycles. The number of benzene rings is 1. The standard InChI is InChI=1S/C17H29NO2/c1-4-17(11-8-13-19-2,15-18-12-14-20-3)16-9-6-5-7-10-16/h5-7,9-10,18H,4,8,11-15H2,1-3H3. The summed E-state index contributed by atoms with van der Waals surface area (Å²) in [5.74, 6) is 0. The Morgan fingerprint density at radius 1 is 1.05 bits per heavy atom. The molecule has 0 spiro atoms. The molecule has 1 aromatic rings. The lowest BCUT2D eigenvalue weighted by Crippen LogP contribution is -2.39. The molecule has 1 N–H and O–H groups in total. The van der Waals surface area contributed by atoms with Crippen molar-refractivity contribution < 1.29 is 9.47 Å². The van der Waals surface area contributed by atoms with E-state index in [2.05, 4.69) is 42.6 Å². The molecule has 0 bridgehead atoms. The van der Waals surface area contributed by atoms with Gasteiger partial charge in [0, 0.05) is 39.3 Å². The summed E-state index contributed by atoms with van der Waals surface area (Å²) in [5, 5.41) is 3.54. The summed E-state index contributed by atoms with van der Waals surface area (Å²) in [6.45, 7) is 5.74. The van der Waals surface area contributed by atoms with Crippen LogP contribution in [0.25, 0.3) is 0 Å². The van der Waals surface area contributed by atoms with Crippen molar-refractivity contribution in [2.45, 2.75) is 31.6 Å². The van der Waals surface area contributed by atoms with Crippen LogP contribution in [-0.2, 0) is 14.9 Å². The maximum absolute atomic E-state index is 5.22. The zero-order chi connectivity index (χ0) is 14.7. The van der Waals surface area contributed by atoms with Crippen molar-refractivity contribution in [1.29, 1.82) is 0 Å². The average Bonchev–Trinajstić information content (AvgIpc) is 2.51. The predicted molar refractivity (Wildman–Crippen MR) is 84.3 cm³/mol. The summed E-state index contributed by atoms with van der Waals surface area (Å²) >= 11 is 0. The van der Waals surface area contributed by atoms with Gasteiger partial charge in [0.15, 0.2) is 0 Å². The van der Waals surface area contributed by atoms with Gasteiger partial charge < -0.3 is 14.8 Å². The van der Waals surface area contributed by atoms with Crippen molar-refractivity contribution in [3.8, 4) is 0 Å². The second kappa shape index (κ2) is 9.92. The van der Waals surface area contributed by atoms with E-state index in [-0.39, 0.29) is 5.41 Å². The van der Waals surface area contributed by atoms with E-state index in [4.69, 9.17) is 9.47 Å². The third-order valence-corrected chi connectivity index (χ3v) is 4.01. The van der Waals surface area contributed by atoms with Crippen molar-refractivity contribution in [2.75, 3.05) is 40.5 Å². The SMILES string of the molecule is CCC(CCCOC)(CNCCOC)c1ccccc1. The lowest BCUT2D eigenvalue weighted by molar-refractivity contribution is 0.176. The van der Waals surface area contributed by atoms with Crippen molar-refractivity contribution in [1.82, 2.24) is 5.32 Å². The summed E-state index contributed by atoms with van der Waals surface area (Å²) in [7, 11) is 3.51. The minimum Gasteiger partial charge on any atom is -0.385 e. The molecule has 114 valence electrons. The van der Waals surface area contributed by atoms with Crippen LogP contribution in [0.2, 0.25) is 0 Å². The third kappa shape index (κ3) is 5.23. The van der Waals surface area contributed by atoms with E-state index in [0.717, 1.165) is 45.6 Å². The molecule has 0 amide bonds. The van der Waals surface area contributed by atoms with Gasteiger partial charge in [0.1, 0.15) is 0 Å². The molecule has 0 radical (unpaired) electrons. The highest BCUT2D eigenvalue weighted by Gasteiger charge is 2.29. The largest absolute Gasteiger partial charge is 0.385 e. The molecule has 0 aliphatic rings. The molecule has 1 rings (SSSR count). The van der Waals surface area contributed by atoms with Gasteiger partial charge in [0.2, 0.25) is 0 Å². The Labute approximate surface area is 123 Å². The first kappa shape index (κ1) is 17.2. The van der Waals surface area contributed by atoms with E-state index < -0.39 is 0 Å². The minimum atomic E-state index is 0.188. The van der Waals surface area contributed by atoms with Gasteiger partial charge in [-0.3, -0.25) is 0 Å². The minimum absolute atomic E-state index is 0.188. The topological polar surface area (TPSA) is 30.5 Å². The number of ether oxygens (including phenoxy) is 2. The molecule has 3 nitrogen and oxygen atoms in total. The smallest absolute Gasteiger partial charge is 0.0587 e. The van der Waals surface area contributed by atoms with Crippen molar-refractivity contribution in [3.63, 3.8) is 0 Å². The summed E-state index contributed by atoms with van der Waals surface area (Å²) in [6, 6.07) is 10.8. The molecule has 0 aliphatic carbocycles. The quantitative estimate of drug-likeness (QED) is 0.632. The molecule has 0 saturated carbocycles. The van der Waals surface area contributed by atoms with Crippen LogP contribution in [0.1, 0.15) is 31.7 Å². The van der Waals surface area contributed by atoms with Crippen molar-refractivity contribution in [3.05, 3.63) is 35.9 Å². The highest BCUT2D eigenvalue weighted by Crippen LogP contribution is 2.32. The lowest BCUT2D eigenvalue weighted by atomic mass is 9.74. The Hall–Kier alpha value is -0.900. The fourth-order valence-corrected chi connectivity index (χ4v) is 2.69. The molecule has 0 aliphatic heterocycles. The Morgan fingerprint density at radius 2 is 1.75 bits per heavy atom. The number of methoxy groups -OCH3 is 2.